The molecule has 2 aromatic heterocycles. The number of aromatic amines is 1. The predicted octanol–water partition coefficient (Wildman–Crippen LogP) is 5.89. The maximum absolute atomic E-state index is 16.2. The summed E-state index contributed by atoms with van der Waals surface area (Å²) in [5.74, 6) is -0.694. The number of amides is 2. The lowest BCUT2D eigenvalue weighted by atomic mass is 9.82. The van der Waals surface area contributed by atoms with Gasteiger partial charge in [-0.1, -0.05) is 60.7 Å². The van der Waals surface area contributed by atoms with Crippen molar-refractivity contribution in [2.45, 2.75) is 69.6 Å². The number of aryl methyl sites for hydroxylation is 1. The molecule has 7 rings (SSSR count). The molecular formula is C37H41FN6O4Si. The molecule has 2 aliphatic heterocycles. The van der Waals surface area contributed by atoms with Crippen molar-refractivity contribution in [2.24, 2.45) is 5.92 Å². The van der Waals surface area contributed by atoms with E-state index in [0.717, 1.165) is 33.3 Å². The lowest BCUT2D eigenvalue weighted by molar-refractivity contribution is -0.146. The van der Waals surface area contributed by atoms with Gasteiger partial charge in [-0.15, -0.1) is 5.10 Å². The van der Waals surface area contributed by atoms with Crippen LogP contribution in [-0.2, 0) is 45.9 Å². The number of ether oxygens (including phenoxy) is 1. The summed E-state index contributed by atoms with van der Waals surface area (Å²) >= 11 is 0. The summed E-state index contributed by atoms with van der Waals surface area (Å²) < 4.78 is 24.7. The first-order valence-corrected chi connectivity index (χ1v) is 19.8. The van der Waals surface area contributed by atoms with Crippen LogP contribution in [-0.4, -0.2) is 58.0 Å². The molecule has 49 heavy (non-hydrogen) atoms. The molecule has 5 aromatic rings. The first-order valence-electron chi connectivity index (χ1n) is 16.8. The van der Waals surface area contributed by atoms with Gasteiger partial charge in [0.2, 0.25) is 14.3 Å². The normalized spacial score (nSPS) is 21.9. The van der Waals surface area contributed by atoms with Crippen LogP contribution in [0.2, 0.25) is 18.6 Å². The van der Waals surface area contributed by atoms with E-state index in [1.165, 1.54) is 0 Å². The summed E-state index contributed by atoms with van der Waals surface area (Å²) in [6.07, 6.45) is 4.30. The second-order valence-corrected chi connectivity index (χ2v) is 17.5. The van der Waals surface area contributed by atoms with E-state index in [1.807, 2.05) is 85.9 Å². The lowest BCUT2D eigenvalue weighted by Gasteiger charge is -2.31. The van der Waals surface area contributed by atoms with Crippen molar-refractivity contribution >= 4 is 42.5 Å². The van der Waals surface area contributed by atoms with Crippen molar-refractivity contribution in [3.63, 3.8) is 0 Å². The van der Waals surface area contributed by atoms with Gasteiger partial charge in [-0.2, -0.15) is 0 Å². The zero-order valence-electron chi connectivity index (χ0n) is 27.9. The lowest BCUT2D eigenvalue weighted by Crippen LogP contribution is -2.45. The van der Waals surface area contributed by atoms with Gasteiger partial charge in [0, 0.05) is 65.6 Å². The van der Waals surface area contributed by atoms with E-state index in [9.17, 15) is 14.7 Å². The van der Waals surface area contributed by atoms with Gasteiger partial charge >= 0.3 is 0 Å². The summed E-state index contributed by atoms with van der Waals surface area (Å²) in [6.45, 7) is 6.09. The Balaban J connectivity index is 1.08. The standard InChI is InChI=1S/C37H41FN6O4Si/c1-24-35(49(2,3)38)33(16-18-43-23-28(17-19-45)41-42-43)48-37(24)30-9-5-7-11-32(30)44(36(37)47)22-25-12-14-27(15-13-25)40-34(46)20-26-21-39-31-10-6-4-8-29(26)31/h4-15,21,23-24,33,35,39,45H,16-20,22H2,1-3H3,(H,40,46)/t24-,33+,35-,37+/m1/s1. The molecule has 0 radical (unpaired) electrons. The van der Waals surface area contributed by atoms with Crippen LogP contribution in [0, 0.1) is 5.92 Å². The molecule has 10 nitrogen and oxygen atoms in total. The monoisotopic (exact) mass is 680 g/mol. The van der Waals surface area contributed by atoms with Gasteiger partial charge in [-0.05, 0) is 54.9 Å². The number of H-pyrrole nitrogens is 1. The molecule has 2 amide bonds. The van der Waals surface area contributed by atoms with Crippen LogP contribution in [0.25, 0.3) is 10.9 Å². The van der Waals surface area contributed by atoms with Crippen LogP contribution in [0.15, 0.2) is 85.2 Å². The summed E-state index contributed by atoms with van der Waals surface area (Å²) in [5.41, 5.74) is 3.98. The Hall–Kier alpha value is -4.65. The molecule has 12 heteroatoms. The fourth-order valence-corrected chi connectivity index (χ4v) is 10.4. The van der Waals surface area contributed by atoms with Crippen molar-refractivity contribution in [2.75, 3.05) is 16.8 Å². The summed E-state index contributed by atoms with van der Waals surface area (Å²) in [7, 11) is -3.30. The van der Waals surface area contributed by atoms with Gasteiger partial charge < -0.3 is 29.2 Å². The van der Waals surface area contributed by atoms with E-state index in [1.54, 1.807) is 28.9 Å². The number of para-hydroxylation sites is 2. The molecule has 4 heterocycles. The molecule has 0 bridgehead atoms. The van der Waals surface area contributed by atoms with Gasteiger partial charge in [-0.3, -0.25) is 14.3 Å². The van der Waals surface area contributed by atoms with Crippen molar-refractivity contribution in [3.8, 4) is 0 Å². The minimum atomic E-state index is -3.30. The Kier molecular flexibility index (Phi) is 8.72. The highest BCUT2D eigenvalue weighted by Crippen LogP contribution is 2.60. The van der Waals surface area contributed by atoms with Crippen molar-refractivity contribution < 1.29 is 23.5 Å². The summed E-state index contributed by atoms with van der Waals surface area (Å²) in [4.78, 5) is 32.5. The van der Waals surface area contributed by atoms with Crippen LogP contribution >= 0.6 is 0 Å². The molecule has 1 fully saturated rings. The average molecular weight is 681 g/mol. The van der Waals surface area contributed by atoms with E-state index in [2.05, 4.69) is 20.6 Å². The molecule has 2 aliphatic rings. The first-order chi connectivity index (χ1) is 23.6. The Morgan fingerprint density at radius 2 is 1.86 bits per heavy atom. The highest BCUT2D eigenvalue weighted by molar-refractivity contribution is 6.72. The fourth-order valence-electron chi connectivity index (χ4n) is 7.90. The fraction of sp³-hybridized carbons (Fsp3) is 0.351. The minimum Gasteiger partial charge on any atom is -0.396 e. The smallest absolute Gasteiger partial charge is 0.264 e. The highest BCUT2D eigenvalue weighted by Gasteiger charge is 2.66. The number of nitrogens with one attached hydrogen (secondary N) is 2. The Bertz CT molecular complexity index is 1990. The molecule has 254 valence electrons. The topological polar surface area (TPSA) is 125 Å². The molecular weight excluding hydrogens is 640 g/mol. The quantitative estimate of drug-likeness (QED) is 0.118. The van der Waals surface area contributed by atoms with E-state index < -0.39 is 31.6 Å². The number of hydrogen-bond donors (Lipinski definition) is 3. The number of anilines is 2. The minimum absolute atomic E-state index is 0.0145. The molecule has 1 spiro atoms. The van der Waals surface area contributed by atoms with Gasteiger partial charge in [-0.25, -0.2) is 0 Å². The summed E-state index contributed by atoms with van der Waals surface area (Å²) in [5, 5.41) is 21.5. The number of benzene rings is 3. The molecule has 3 aromatic carbocycles. The molecule has 4 atom stereocenters. The Morgan fingerprint density at radius 3 is 2.63 bits per heavy atom. The Labute approximate surface area is 285 Å². The number of hydrogen-bond acceptors (Lipinski definition) is 6. The third-order valence-electron chi connectivity index (χ3n) is 10.1. The number of halogens is 1. The van der Waals surface area contributed by atoms with Crippen LogP contribution in [0.4, 0.5) is 15.5 Å². The second kappa shape index (κ2) is 13.0. The van der Waals surface area contributed by atoms with E-state index in [-0.39, 0.29) is 24.8 Å². The van der Waals surface area contributed by atoms with Gasteiger partial charge in [0.05, 0.1) is 30.5 Å². The molecule has 3 N–H and O–H groups in total. The molecule has 0 aliphatic carbocycles. The van der Waals surface area contributed by atoms with Crippen LogP contribution in [0.3, 0.4) is 0 Å². The van der Waals surface area contributed by atoms with E-state index >= 15 is 4.11 Å². The molecule has 0 unspecified atom stereocenters. The number of carbonyl (C=O) groups is 2. The molecule has 0 saturated carbocycles. The van der Waals surface area contributed by atoms with E-state index in [0.29, 0.717) is 37.3 Å². The van der Waals surface area contributed by atoms with Gasteiger partial charge in [0.15, 0.2) is 5.60 Å². The number of nitrogens with zero attached hydrogens (tertiary/aromatic N) is 4. The Morgan fingerprint density at radius 1 is 1.10 bits per heavy atom. The van der Waals surface area contributed by atoms with Crippen molar-refractivity contribution in [1.82, 2.24) is 20.0 Å². The van der Waals surface area contributed by atoms with Crippen LogP contribution < -0.4 is 10.2 Å². The number of aliphatic hydroxyl groups is 1. The number of carbonyl (C=O) groups excluding carboxylic acids is 2. The maximum atomic E-state index is 16.2. The zero-order valence-corrected chi connectivity index (χ0v) is 28.9. The zero-order chi connectivity index (χ0) is 34.3. The van der Waals surface area contributed by atoms with Gasteiger partial charge in [0.1, 0.15) is 0 Å². The highest BCUT2D eigenvalue weighted by atomic mass is 28.4. The number of aliphatic hydroxyl groups excluding tert-OH is 1. The number of aromatic nitrogens is 4. The average Bonchev–Trinajstić information content (AvgIpc) is 3.83. The first kappa shape index (κ1) is 32.9. The number of rotatable bonds is 11. The van der Waals surface area contributed by atoms with Crippen molar-refractivity contribution in [3.05, 3.63) is 108 Å². The maximum Gasteiger partial charge on any atom is 0.264 e. The van der Waals surface area contributed by atoms with E-state index in [4.69, 9.17) is 4.74 Å². The largest absolute Gasteiger partial charge is 0.396 e. The predicted molar refractivity (Wildman–Crippen MR) is 188 cm³/mol. The van der Waals surface area contributed by atoms with Crippen molar-refractivity contribution in [1.29, 1.82) is 0 Å². The SMILES string of the molecule is C[C@@H]1[C@@H]([Si](C)(C)F)[C@H](CCn2cc(CCO)nn2)O[C@@]12C(=O)N(Cc1ccc(NC(=O)Cc3c[nH]c4ccccc34)cc1)c1ccccc12. The third-order valence-corrected chi connectivity index (χ3v) is 12.5. The summed E-state index contributed by atoms with van der Waals surface area (Å²) in [6, 6.07) is 23.1. The molecule has 1 saturated heterocycles. The second-order valence-electron chi connectivity index (χ2n) is 13.7. The third kappa shape index (κ3) is 6.09. The van der Waals surface area contributed by atoms with Gasteiger partial charge in [0.25, 0.3) is 5.91 Å². The number of fused-ring (bicyclic) bond motifs is 3. The van der Waals surface area contributed by atoms with Crippen LogP contribution in [0.1, 0.15) is 35.7 Å². The van der Waals surface area contributed by atoms with Crippen LogP contribution in [0.5, 0.6) is 0 Å².